The van der Waals surface area contributed by atoms with E-state index >= 15 is 0 Å². The minimum absolute atomic E-state index is 0.0371. The Kier molecular flexibility index (Phi) is 7.43. The summed E-state index contributed by atoms with van der Waals surface area (Å²) in [6.07, 6.45) is 1.01. The predicted octanol–water partition coefficient (Wildman–Crippen LogP) is 3.04. The van der Waals surface area contributed by atoms with Crippen LogP contribution in [-0.4, -0.2) is 41.5 Å². The summed E-state index contributed by atoms with van der Waals surface area (Å²) in [5.41, 5.74) is -0.674. The first-order valence-electron chi connectivity index (χ1n) is 8.08. The van der Waals surface area contributed by atoms with Gasteiger partial charge in [-0.15, -0.1) is 0 Å². The number of nitrogens with zero attached hydrogens (tertiary/aromatic N) is 1. The molecule has 8 heteroatoms. The van der Waals surface area contributed by atoms with Gasteiger partial charge in [0.25, 0.3) is 6.07 Å². The number of rotatable bonds is 4. The number of amides is 2. The van der Waals surface area contributed by atoms with Crippen LogP contribution in [0, 0.1) is 17.9 Å². The molecule has 1 saturated carbocycles. The van der Waals surface area contributed by atoms with Crippen molar-refractivity contribution in [1.29, 1.82) is 0 Å². The van der Waals surface area contributed by atoms with Crippen molar-refractivity contribution in [2.24, 2.45) is 11.8 Å². The van der Waals surface area contributed by atoms with Gasteiger partial charge < -0.3 is 19.9 Å². The second-order valence-electron chi connectivity index (χ2n) is 6.81. The summed E-state index contributed by atoms with van der Waals surface area (Å²) in [4.78, 5) is 38.2. The standard InChI is InChI=1S/C17H24N2O6/c1-5-8-24-15(22)18-10-12-7-6-11(14(20)21)9-13(12)19-16(23)25-17(2,3)4/h5,11-13H,1,6-9H2,2-4H3,(H-,19,20,21,23)/p+1/t11-,12?,13+/m0/s1. The summed E-state index contributed by atoms with van der Waals surface area (Å²) in [7, 11) is 0. The number of aliphatic carboxylic acids is 1. The molecule has 1 fully saturated rings. The molecule has 1 rings (SSSR count). The maximum Gasteiger partial charge on any atom is 0.728 e. The Balaban J connectivity index is 2.80. The zero-order chi connectivity index (χ0) is 19.0. The van der Waals surface area contributed by atoms with Gasteiger partial charge in [0.15, 0.2) is 0 Å². The van der Waals surface area contributed by atoms with E-state index in [9.17, 15) is 19.5 Å². The summed E-state index contributed by atoms with van der Waals surface area (Å²) in [6, 6.07) is 2.12. The molecule has 0 spiro atoms. The smallest absolute Gasteiger partial charge is 0.481 e. The summed E-state index contributed by atoms with van der Waals surface area (Å²) < 4.78 is 9.94. The van der Waals surface area contributed by atoms with Crippen LogP contribution >= 0.6 is 0 Å². The molecule has 1 aliphatic rings. The molecule has 8 nitrogen and oxygen atoms in total. The Labute approximate surface area is 147 Å². The van der Waals surface area contributed by atoms with Gasteiger partial charge in [-0.05, 0) is 40.0 Å². The lowest BCUT2D eigenvalue weighted by atomic mass is 9.79. The normalized spacial score (nSPS) is 22.8. The van der Waals surface area contributed by atoms with Crippen LogP contribution in [0.25, 0.3) is 4.85 Å². The van der Waals surface area contributed by atoms with Crippen LogP contribution in [0.4, 0.5) is 9.59 Å². The monoisotopic (exact) mass is 353 g/mol. The third kappa shape index (κ3) is 7.70. The molecule has 0 radical (unpaired) electrons. The van der Waals surface area contributed by atoms with E-state index in [0.29, 0.717) is 12.8 Å². The Bertz CT molecular complexity index is 584. The lowest BCUT2D eigenvalue weighted by Crippen LogP contribution is -2.46. The van der Waals surface area contributed by atoms with Crippen molar-refractivity contribution in [3.63, 3.8) is 0 Å². The Morgan fingerprint density at radius 3 is 2.60 bits per heavy atom. The summed E-state index contributed by atoms with van der Waals surface area (Å²) >= 11 is 0. The number of nitrogens with one attached hydrogen (secondary N) is 1. The lowest BCUT2D eigenvalue weighted by molar-refractivity contribution is -0.143. The van der Waals surface area contributed by atoms with Gasteiger partial charge in [0, 0.05) is 0 Å². The van der Waals surface area contributed by atoms with Crippen LogP contribution in [0.2, 0.25) is 0 Å². The molecule has 0 bridgehead atoms. The quantitative estimate of drug-likeness (QED) is 0.753. The number of carboxylic acid groups (broad SMARTS) is 1. The second kappa shape index (κ2) is 9.06. The molecule has 3 atom stereocenters. The molecule has 0 aromatic rings. The zero-order valence-electron chi connectivity index (χ0n) is 14.8. The average molecular weight is 353 g/mol. The number of hydrogen-bond acceptors (Lipinski definition) is 5. The maximum absolute atomic E-state index is 12.0. The van der Waals surface area contributed by atoms with E-state index in [1.165, 1.54) is 6.08 Å². The van der Waals surface area contributed by atoms with Crippen LogP contribution in [0.3, 0.4) is 0 Å². The Hall–Kier alpha value is -2.56. The minimum atomic E-state index is -0.920. The van der Waals surface area contributed by atoms with E-state index in [0.717, 1.165) is 0 Å². The summed E-state index contributed by atoms with van der Waals surface area (Å²) in [5.74, 6) is -1.90. The fourth-order valence-corrected chi connectivity index (χ4v) is 2.47. The van der Waals surface area contributed by atoms with Crippen LogP contribution in [-0.2, 0) is 14.3 Å². The first kappa shape index (κ1) is 20.5. The zero-order valence-corrected chi connectivity index (χ0v) is 14.8. The second-order valence-corrected chi connectivity index (χ2v) is 6.81. The molecule has 25 heavy (non-hydrogen) atoms. The first-order chi connectivity index (χ1) is 11.6. The van der Waals surface area contributed by atoms with Gasteiger partial charge in [0.05, 0.1) is 16.8 Å². The third-order valence-corrected chi connectivity index (χ3v) is 3.55. The van der Waals surface area contributed by atoms with Crippen LogP contribution in [0.5, 0.6) is 0 Å². The highest BCUT2D eigenvalue weighted by molar-refractivity contribution is 5.79. The molecule has 2 N–H and O–H groups in total. The van der Waals surface area contributed by atoms with E-state index in [-0.39, 0.29) is 13.0 Å². The fourth-order valence-electron chi connectivity index (χ4n) is 2.47. The highest BCUT2D eigenvalue weighted by Gasteiger charge is 2.38. The van der Waals surface area contributed by atoms with Crippen molar-refractivity contribution < 1.29 is 29.0 Å². The van der Waals surface area contributed by atoms with Gasteiger partial charge in [0.2, 0.25) is 0 Å². The van der Waals surface area contributed by atoms with Gasteiger partial charge in [-0.1, -0.05) is 12.7 Å². The molecule has 2 amide bonds. The number of carbonyl (C=O) groups is 3. The van der Waals surface area contributed by atoms with Crippen molar-refractivity contribution in [3.8, 4) is 6.07 Å². The largest absolute Gasteiger partial charge is 0.728 e. The fraction of sp³-hybridized carbons (Fsp3) is 0.647. The molecule has 0 saturated heterocycles. The molecular weight excluding hydrogens is 328 g/mol. The number of ether oxygens (including phenoxy) is 2. The Morgan fingerprint density at radius 1 is 1.36 bits per heavy atom. The van der Waals surface area contributed by atoms with E-state index in [4.69, 9.17) is 9.47 Å². The van der Waals surface area contributed by atoms with E-state index in [1.807, 2.05) is 0 Å². The van der Waals surface area contributed by atoms with E-state index in [1.54, 1.807) is 20.8 Å². The highest BCUT2D eigenvalue weighted by atomic mass is 16.6. The molecule has 1 unspecified atom stereocenters. The van der Waals surface area contributed by atoms with Crippen molar-refractivity contribution in [3.05, 3.63) is 17.5 Å². The number of carboxylic acids is 1. The highest BCUT2D eigenvalue weighted by Crippen LogP contribution is 2.29. The molecule has 0 aromatic heterocycles. The summed E-state index contributed by atoms with van der Waals surface area (Å²) in [5, 5.41) is 11.9. The Morgan fingerprint density at radius 2 is 2.04 bits per heavy atom. The molecule has 138 valence electrons. The maximum atomic E-state index is 12.0. The van der Waals surface area contributed by atoms with Gasteiger partial charge >= 0.3 is 18.2 Å². The number of hydrogen-bond donors (Lipinski definition) is 2. The van der Waals surface area contributed by atoms with Gasteiger partial charge in [0.1, 0.15) is 18.1 Å². The van der Waals surface area contributed by atoms with E-state index in [2.05, 4.69) is 22.8 Å². The van der Waals surface area contributed by atoms with Crippen molar-refractivity contribution in [1.82, 2.24) is 5.32 Å². The average Bonchev–Trinajstić information content (AvgIpc) is 2.49. The number of alkyl carbamates (subject to hydrolysis) is 1. The molecule has 1 aliphatic carbocycles. The van der Waals surface area contributed by atoms with Crippen molar-refractivity contribution in [2.45, 2.75) is 51.7 Å². The topological polar surface area (TPSA) is 106 Å². The predicted molar refractivity (Wildman–Crippen MR) is 90.4 cm³/mol. The van der Waals surface area contributed by atoms with Crippen LogP contribution in [0.1, 0.15) is 40.0 Å². The number of carbonyl (C=O) groups excluding carboxylic acids is 2. The minimum Gasteiger partial charge on any atom is -0.481 e. The summed E-state index contributed by atoms with van der Waals surface area (Å²) in [6.45, 7) is 8.65. The SMILES string of the molecule is C=CCOC(=O)[N+]#CC1CC[C@H](C(=O)O)C[C@H]1NC(=O)OC(C)(C)C. The van der Waals surface area contributed by atoms with Crippen molar-refractivity contribution >= 4 is 18.2 Å². The van der Waals surface area contributed by atoms with Gasteiger partial charge in [-0.2, -0.15) is 4.79 Å². The molecular formula is C17H25N2O6+. The van der Waals surface area contributed by atoms with E-state index < -0.39 is 41.6 Å². The van der Waals surface area contributed by atoms with Gasteiger partial charge in [-0.25, -0.2) is 4.79 Å². The first-order valence-corrected chi connectivity index (χ1v) is 8.08. The molecule has 0 aromatic carbocycles. The van der Waals surface area contributed by atoms with Gasteiger partial charge in [-0.3, -0.25) is 4.79 Å². The molecule has 0 heterocycles. The molecule has 0 aliphatic heterocycles. The van der Waals surface area contributed by atoms with Crippen molar-refractivity contribution in [2.75, 3.05) is 6.61 Å². The lowest BCUT2D eigenvalue weighted by Gasteiger charge is -2.30. The van der Waals surface area contributed by atoms with Crippen LogP contribution < -0.4 is 5.32 Å². The third-order valence-electron chi connectivity index (χ3n) is 3.55. The van der Waals surface area contributed by atoms with Crippen LogP contribution in [0.15, 0.2) is 12.7 Å².